The molecule has 0 saturated carbocycles. The maximum absolute atomic E-state index is 5.63. The van der Waals surface area contributed by atoms with Crippen LogP contribution in [0.25, 0.3) is 11.2 Å². The standard InChI is InChI=1S/C15H19N7O2/c1-2-23-6-7-24-10-12-5-3-4-11(18-12)9-22-14-13(20-21-22)8-17-15(16)19-14/h3-5,8H,2,6-7,9-10H2,1H3,(H2,16,17,19). The van der Waals surface area contributed by atoms with E-state index in [4.69, 9.17) is 15.2 Å². The molecule has 0 spiro atoms. The van der Waals surface area contributed by atoms with Crippen LogP contribution in [0.1, 0.15) is 18.3 Å². The molecule has 9 nitrogen and oxygen atoms in total. The Hall–Kier alpha value is -2.65. The predicted octanol–water partition coefficient (Wildman–Crippen LogP) is 0.800. The fourth-order valence-corrected chi connectivity index (χ4v) is 2.18. The number of anilines is 1. The lowest BCUT2D eigenvalue weighted by Crippen LogP contribution is -2.08. The Morgan fingerprint density at radius 1 is 1.12 bits per heavy atom. The first kappa shape index (κ1) is 16.2. The third kappa shape index (κ3) is 4.00. The fourth-order valence-electron chi connectivity index (χ4n) is 2.18. The van der Waals surface area contributed by atoms with Gasteiger partial charge in [0.15, 0.2) is 11.2 Å². The number of aromatic nitrogens is 6. The van der Waals surface area contributed by atoms with Crippen molar-refractivity contribution in [3.05, 3.63) is 35.8 Å². The molecule has 0 aliphatic carbocycles. The fraction of sp³-hybridized carbons (Fsp3) is 0.400. The van der Waals surface area contributed by atoms with Gasteiger partial charge in [-0.3, -0.25) is 4.98 Å². The van der Waals surface area contributed by atoms with E-state index in [0.717, 1.165) is 11.4 Å². The van der Waals surface area contributed by atoms with Crippen LogP contribution in [0.2, 0.25) is 0 Å². The van der Waals surface area contributed by atoms with Gasteiger partial charge in [-0.05, 0) is 19.1 Å². The largest absolute Gasteiger partial charge is 0.379 e. The second-order valence-electron chi connectivity index (χ2n) is 5.05. The van der Waals surface area contributed by atoms with Crippen LogP contribution < -0.4 is 5.73 Å². The lowest BCUT2D eigenvalue weighted by atomic mass is 10.3. The van der Waals surface area contributed by atoms with Crippen LogP contribution in [-0.4, -0.2) is 49.8 Å². The van der Waals surface area contributed by atoms with Gasteiger partial charge >= 0.3 is 0 Å². The van der Waals surface area contributed by atoms with Crippen molar-refractivity contribution in [1.82, 2.24) is 29.9 Å². The molecule has 126 valence electrons. The highest BCUT2D eigenvalue weighted by molar-refractivity contribution is 5.69. The normalized spacial score (nSPS) is 11.2. The Bertz CT molecular complexity index is 805. The topological polar surface area (TPSA) is 114 Å². The summed E-state index contributed by atoms with van der Waals surface area (Å²) in [5.74, 6) is 0.190. The van der Waals surface area contributed by atoms with Crippen LogP contribution in [0.15, 0.2) is 24.4 Å². The number of hydrogen-bond acceptors (Lipinski definition) is 8. The van der Waals surface area contributed by atoms with E-state index in [2.05, 4.69) is 25.3 Å². The second kappa shape index (κ2) is 7.75. The number of rotatable bonds is 8. The van der Waals surface area contributed by atoms with E-state index in [-0.39, 0.29) is 5.95 Å². The number of pyridine rings is 1. The van der Waals surface area contributed by atoms with E-state index in [1.54, 1.807) is 10.9 Å². The average Bonchev–Trinajstić information content (AvgIpc) is 2.97. The van der Waals surface area contributed by atoms with Crippen molar-refractivity contribution in [2.75, 3.05) is 25.6 Å². The van der Waals surface area contributed by atoms with Crippen molar-refractivity contribution >= 4 is 17.1 Å². The Labute approximate surface area is 138 Å². The van der Waals surface area contributed by atoms with E-state index in [9.17, 15) is 0 Å². The summed E-state index contributed by atoms with van der Waals surface area (Å²) in [7, 11) is 0. The van der Waals surface area contributed by atoms with Crippen molar-refractivity contribution in [2.24, 2.45) is 0 Å². The summed E-state index contributed by atoms with van der Waals surface area (Å²) in [5, 5.41) is 8.10. The first-order chi connectivity index (χ1) is 11.8. The summed E-state index contributed by atoms with van der Waals surface area (Å²) in [5.41, 5.74) is 8.50. The van der Waals surface area contributed by atoms with Gasteiger partial charge in [0.25, 0.3) is 0 Å². The molecule has 3 rings (SSSR count). The first-order valence-corrected chi connectivity index (χ1v) is 7.68. The van der Waals surface area contributed by atoms with E-state index in [1.165, 1.54) is 0 Å². The molecule has 24 heavy (non-hydrogen) atoms. The molecule has 0 radical (unpaired) electrons. The summed E-state index contributed by atoms with van der Waals surface area (Å²) >= 11 is 0. The Morgan fingerprint density at radius 3 is 2.83 bits per heavy atom. The van der Waals surface area contributed by atoms with E-state index in [1.807, 2.05) is 25.1 Å². The van der Waals surface area contributed by atoms with Crippen LogP contribution in [0.4, 0.5) is 5.95 Å². The third-order valence-corrected chi connectivity index (χ3v) is 3.28. The van der Waals surface area contributed by atoms with E-state index < -0.39 is 0 Å². The van der Waals surface area contributed by atoms with Crippen LogP contribution in [-0.2, 0) is 22.6 Å². The van der Waals surface area contributed by atoms with E-state index in [0.29, 0.717) is 44.1 Å². The van der Waals surface area contributed by atoms with Gasteiger partial charge in [0.2, 0.25) is 5.95 Å². The molecule has 0 atom stereocenters. The number of fused-ring (bicyclic) bond motifs is 1. The van der Waals surface area contributed by atoms with Crippen LogP contribution in [0.5, 0.6) is 0 Å². The molecule has 3 aromatic rings. The molecule has 0 bridgehead atoms. The number of nitrogen functional groups attached to an aromatic ring is 1. The lowest BCUT2D eigenvalue weighted by molar-refractivity contribution is 0.0441. The minimum atomic E-state index is 0.190. The molecule has 9 heteroatoms. The highest BCUT2D eigenvalue weighted by atomic mass is 16.5. The van der Waals surface area contributed by atoms with Crippen LogP contribution >= 0.6 is 0 Å². The predicted molar refractivity (Wildman–Crippen MR) is 87.0 cm³/mol. The van der Waals surface area contributed by atoms with Gasteiger partial charge in [-0.2, -0.15) is 4.98 Å². The first-order valence-electron chi connectivity index (χ1n) is 7.68. The molecule has 0 unspecified atom stereocenters. The number of nitrogens with zero attached hydrogens (tertiary/aromatic N) is 6. The van der Waals surface area contributed by atoms with Crippen molar-refractivity contribution in [3.8, 4) is 0 Å². The van der Waals surface area contributed by atoms with Crippen molar-refractivity contribution in [1.29, 1.82) is 0 Å². The van der Waals surface area contributed by atoms with Crippen molar-refractivity contribution in [2.45, 2.75) is 20.1 Å². The average molecular weight is 329 g/mol. The van der Waals surface area contributed by atoms with Gasteiger partial charge in [0.1, 0.15) is 0 Å². The van der Waals surface area contributed by atoms with Crippen LogP contribution in [0.3, 0.4) is 0 Å². The van der Waals surface area contributed by atoms with Crippen molar-refractivity contribution < 1.29 is 9.47 Å². The minimum absolute atomic E-state index is 0.190. The van der Waals surface area contributed by atoms with Gasteiger partial charge in [0, 0.05) is 6.61 Å². The van der Waals surface area contributed by atoms with Gasteiger partial charge < -0.3 is 15.2 Å². The molecule has 3 aromatic heterocycles. The smallest absolute Gasteiger partial charge is 0.222 e. The molecular weight excluding hydrogens is 310 g/mol. The minimum Gasteiger partial charge on any atom is -0.379 e. The highest BCUT2D eigenvalue weighted by Crippen LogP contribution is 2.10. The lowest BCUT2D eigenvalue weighted by Gasteiger charge is -2.06. The Balaban J connectivity index is 1.66. The third-order valence-electron chi connectivity index (χ3n) is 3.28. The Morgan fingerprint density at radius 2 is 1.96 bits per heavy atom. The van der Waals surface area contributed by atoms with Gasteiger partial charge in [0.05, 0.1) is 44.0 Å². The number of hydrogen-bond donors (Lipinski definition) is 1. The summed E-state index contributed by atoms with van der Waals surface area (Å²) < 4.78 is 12.4. The number of ether oxygens (including phenoxy) is 2. The summed E-state index contributed by atoms with van der Waals surface area (Å²) in [6.07, 6.45) is 1.55. The van der Waals surface area contributed by atoms with Crippen molar-refractivity contribution in [3.63, 3.8) is 0 Å². The summed E-state index contributed by atoms with van der Waals surface area (Å²) in [4.78, 5) is 12.6. The molecule has 0 amide bonds. The molecule has 3 heterocycles. The van der Waals surface area contributed by atoms with E-state index >= 15 is 0 Å². The SMILES string of the molecule is CCOCCOCc1cccc(Cn2nnc3cnc(N)nc32)n1. The zero-order valence-electron chi connectivity index (χ0n) is 13.4. The van der Waals surface area contributed by atoms with Gasteiger partial charge in [-0.25, -0.2) is 9.67 Å². The molecule has 0 aliphatic rings. The molecular formula is C15H19N7O2. The second-order valence-corrected chi connectivity index (χ2v) is 5.05. The zero-order chi connectivity index (χ0) is 16.8. The maximum atomic E-state index is 5.63. The molecule has 2 N–H and O–H groups in total. The Kier molecular flexibility index (Phi) is 5.24. The molecule has 0 aromatic carbocycles. The zero-order valence-corrected chi connectivity index (χ0v) is 13.4. The number of nitrogens with two attached hydrogens (primary N) is 1. The molecule has 0 aliphatic heterocycles. The highest BCUT2D eigenvalue weighted by Gasteiger charge is 2.09. The van der Waals surface area contributed by atoms with Gasteiger partial charge in [-0.1, -0.05) is 11.3 Å². The summed E-state index contributed by atoms with van der Waals surface area (Å²) in [6, 6.07) is 5.78. The monoisotopic (exact) mass is 329 g/mol. The summed E-state index contributed by atoms with van der Waals surface area (Å²) in [6.45, 7) is 4.66. The molecule has 0 fully saturated rings. The van der Waals surface area contributed by atoms with Crippen LogP contribution in [0, 0.1) is 0 Å². The quantitative estimate of drug-likeness (QED) is 0.604. The van der Waals surface area contributed by atoms with Gasteiger partial charge in [-0.15, -0.1) is 5.10 Å². The maximum Gasteiger partial charge on any atom is 0.222 e. The molecule has 0 saturated heterocycles.